The van der Waals surface area contributed by atoms with Gasteiger partial charge in [-0.3, -0.25) is 9.36 Å². The van der Waals surface area contributed by atoms with Crippen LogP contribution in [0.25, 0.3) is 0 Å². The first-order chi connectivity index (χ1) is 44.5. The number of carbonyl (C=O) groups excluding carboxylic acids is 1. The summed E-state index contributed by atoms with van der Waals surface area (Å²) in [7, 11) is 1.27. The maximum atomic E-state index is 13.1. The van der Waals surface area contributed by atoms with E-state index in [0.717, 1.165) is 83.5 Å². The van der Waals surface area contributed by atoms with Crippen molar-refractivity contribution in [3.63, 3.8) is 0 Å². The molecule has 0 fully saturated rings. The van der Waals surface area contributed by atoms with Crippen molar-refractivity contribution >= 4 is 13.7 Å². The average molecular weight is 1290 g/mol. The van der Waals surface area contributed by atoms with Gasteiger partial charge >= 0.3 is 0 Å². The molecule has 9 heteroatoms. The number of phosphoric acid groups is 1. The number of hydrogen-bond acceptors (Lipinski definition) is 6. The van der Waals surface area contributed by atoms with Gasteiger partial charge in [-0.15, -0.1) is 0 Å². The largest absolute Gasteiger partial charge is 0.756 e. The number of nitrogens with zero attached hydrogens (tertiary/aromatic N) is 1. The number of nitrogens with one attached hydrogen (secondary N) is 1. The third kappa shape index (κ3) is 74.7. The van der Waals surface area contributed by atoms with Crippen LogP contribution in [-0.2, 0) is 18.4 Å². The molecule has 2 N–H and O–H groups in total. The number of quaternary nitrogens is 1. The fraction of sp³-hybridized carbons (Fsp3) is 0.793. The molecule has 0 aromatic rings. The maximum absolute atomic E-state index is 13.1. The molecule has 0 aromatic carbocycles. The fourth-order valence-electron chi connectivity index (χ4n) is 11.6. The van der Waals surface area contributed by atoms with Crippen LogP contribution in [0.4, 0.5) is 0 Å². The van der Waals surface area contributed by atoms with Crippen molar-refractivity contribution in [1.29, 1.82) is 0 Å². The van der Waals surface area contributed by atoms with Crippen LogP contribution in [0.5, 0.6) is 0 Å². The number of amides is 1. The SMILES string of the molecule is CC/C=C\C/C=C\C/C=C\C/C=C\C/C=C\C/C=C\C/C=C\CCCCCCCCCCCCCCCCCCCC(=O)NC(COP(=O)([O-])OCC[N+](C)(C)C)C(O)/C=C/CCCCCCCCCCCCCCCCCCCCCCCCCCCCCC. The van der Waals surface area contributed by atoms with Gasteiger partial charge in [0.15, 0.2) is 0 Å². The van der Waals surface area contributed by atoms with Gasteiger partial charge in [0.1, 0.15) is 13.2 Å². The van der Waals surface area contributed by atoms with Crippen LogP contribution < -0.4 is 10.2 Å². The van der Waals surface area contributed by atoms with Crippen molar-refractivity contribution in [2.75, 3.05) is 40.9 Å². The fourth-order valence-corrected chi connectivity index (χ4v) is 12.3. The summed E-state index contributed by atoms with van der Waals surface area (Å²) in [6.07, 6.45) is 104. The van der Waals surface area contributed by atoms with Gasteiger partial charge in [0.2, 0.25) is 5.91 Å². The van der Waals surface area contributed by atoms with Gasteiger partial charge in [0.25, 0.3) is 7.82 Å². The highest BCUT2D eigenvalue weighted by atomic mass is 31.2. The Balaban J connectivity index is 4.00. The summed E-state index contributed by atoms with van der Waals surface area (Å²) < 4.78 is 23.5. The summed E-state index contributed by atoms with van der Waals surface area (Å²) in [5.74, 6) is -0.194. The number of rotatable bonds is 72. The minimum absolute atomic E-state index is 0.00220. The maximum Gasteiger partial charge on any atom is 0.268 e. The van der Waals surface area contributed by atoms with Crippen molar-refractivity contribution in [2.24, 2.45) is 0 Å². The Kier molecular flexibility index (Phi) is 69.7. The van der Waals surface area contributed by atoms with Crippen molar-refractivity contribution in [2.45, 2.75) is 379 Å². The second-order valence-electron chi connectivity index (χ2n) is 27.7. The Morgan fingerprint density at radius 2 is 0.670 bits per heavy atom. The number of phosphoric ester groups is 1. The van der Waals surface area contributed by atoms with Crippen LogP contribution in [0.2, 0.25) is 0 Å². The minimum atomic E-state index is -4.61. The number of aliphatic hydroxyl groups is 1. The van der Waals surface area contributed by atoms with Crippen LogP contribution in [0.1, 0.15) is 367 Å². The molecule has 530 valence electrons. The molecule has 0 aliphatic heterocycles. The zero-order valence-electron chi connectivity index (χ0n) is 60.8. The standard InChI is InChI=1S/C82H151N2O6P/c1-6-8-10-12-14-16-18-20-22-24-26-28-30-32-34-36-38-39-40-41-42-43-44-45-46-48-50-52-54-56-58-60-62-64-66-68-70-72-74-76-82(86)83-80(79-90-91(87,88)89-78-77-84(3,4)5)81(85)75-73-71-69-67-65-63-61-59-57-55-53-51-49-47-37-35-33-31-29-27-25-23-21-19-17-15-13-11-9-7-2/h8,10,14,16,20,22,26,28,32,34,38-39,41-42,73,75,80-81,85H,6-7,9,11-13,15,17-19,21,23-25,27,29-31,33,35-37,40,43-72,74,76-79H2,1-5H3,(H-,83,86,87,88)/b10-8-,16-14-,22-20-,28-26-,34-32-,39-38-,42-41-,75-73+. The Bertz CT molecular complexity index is 1810. The molecule has 1 amide bonds. The lowest BCUT2D eigenvalue weighted by Crippen LogP contribution is -2.45. The number of carbonyl (C=O) groups is 1. The van der Waals surface area contributed by atoms with E-state index in [1.165, 1.54) is 263 Å². The minimum Gasteiger partial charge on any atom is -0.756 e. The molecule has 0 heterocycles. The Morgan fingerprint density at radius 3 is 0.978 bits per heavy atom. The van der Waals surface area contributed by atoms with E-state index in [1.807, 2.05) is 27.2 Å². The van der Waals surface area contributed by atoms with Gasteiger partial charge in [-0.25, -0.2) is 0 Å². The molecular weight excluding hydrogens is 1140 g/mol. The third-order valence-corrected chi connectivity index (χ3v) is 18.5. The smallest absolute Gasteiger partial charge is 0.268 e. The predicted molar refractivity (Wildman–Crippen MR) is 399 cm³/mol. The molecule has 0 rings (SSSR count). The molecule has 0 aromatic heterocycles. The second-order valence-corrected chi connectivity index (χ2v) is 29.1. The van der Waals surface area contributed by atoms with Crippen LogP contribution in [0.15, 0.2) is 97.2 Å². The molecule has 0 spiro atoms. The van der Waals surface area contributed by atoms with Gasteiger partial charge in [-0.05, 0) is 77.0 Å². The van der Waals surface area contributed by atoms with Gasteiger partial charge in [0, 0.05) is 6.42 Å². The molecule has 0 aliphatic rings. The Morgan fingerprint density at radius 1 is 0.396 bits per heavy atom. The van der Waals surface area contributed by atoms with Crippen LogP contribution in [0, 0.1) is 0 Å². The first-order valence-electron chi connectivity index (χ1n) is 39.1. The summed E-state index contributed by atoms with van der Waals surface area (Å²) >= 11 is 0. The molecule has 91 heavy (non-hydrogen) atoms. The number of hydrogen-bond donors (Lipinski definition) is 2. The van der Waals surface area contributed by atoms with Crippen LogP contribution in [-0.4, -0.2) is 68.5 Å². The first kappa shape index (κ1) is 88.4. The number of aliphatic hydroxyl groups excluding tert-OH is 1. The van der Waals surface area contributed by atoms with Crippen LogP contribution in [0.3, 0.4) is 0 Å². The number of allylic oxidation sites excluding steroid dienone is 15. The van der Waals surface area contributed by atoms with E-state index in [4.69, 9.17) is 9.05 Å². The predicted octanol–water partition coefficient (Wildman–Crippen LogP) is 25.0. The van der Waals surface area contributed by atoms with Crippen molar-refractivity contribution < 1.29 is 32.9 Å². The summed E-state index contributed by atoms with van der Waals surface area (Å²) in [6, 6.07) is -0.892. The normalized spacial score (nSPS) is 14.1. The van der Waals surface area contributed by atoms with Crippen molar-refractivity contribution in [1.82, 2.24) is 5.32 Å². The van der Waals surface area contributed by atoms with Crippen LogP contribution >= 0.6 is 7.82 Å². The molecule has 0 saturated heterocycles. The third-order valence-electron chi connectivity index (χ3n) is 17.5. The molecule has 3 atom stereocenters. The lowest BCUT2D eigenvalue weighted by atomic mass is 10.0. The molecule has 0 radical (unpaired) electrons. The van der Waals surface area contributed by atoms with E-state index >= 15 is 0 Å². The van der Waals surface area contributed by atoms with Crippen molar-refractivity contribution in [3.05, 3.63) is 97.2 Å². The average Bonchev–Trinajstić information content (AvgIpc) is 3.58. The van der Waals surface area contributed by atoms with Gasteiger partial charge in [0.05, 0.1) is 39.9 Å². The zero-order chi connectivity index (χ0) is 66.2. The van der Waals surface area contributed by atoms with E-state index in [1.54, 1.807) is 6.08 Å². The lowest BCUT2D eigenvalue weighted by molar-refractivity contribution is -0.870. The van der Waals surface area contributed by atoms with Crippen molar-refractivity contribution in [3.8, 4) is 0 Å². The van der Waals surface area contributed by atoms with E-state index in [0.29, 0.717) is 17.4 Å². The van der Waals surface area contributed by atoms with E-state index in [9.17, 15) is 19.4 Å². The van der Waals surface area contributed by atoms with E-state index in [-0.39, 0.29) is 19.1 Å². The highest BCUT2D eigenvalue weighted by molar-refractivity contribution is 7.45. The first-order valence-corrected chi connectivity index (χ1v) is 40.6. The lowest BCUT2D eigenvalue weighted by Gasteiger charge is -2.29. The molecule has 0 aliphatic carbocycles. The molecule has 0 saturated carbocycles. The zero-order valence-corrected chi connectivity index (χ0v) is 61.7. The summed E-state index contributed by atoms with van der Waals surface area (Å²) in [4.78, 5) is 25.7. The summed E-state index contributed by atoms with van der Waals surface area (Å²) in [6.45, 7) is 4.58. The summed E-state index contributed by atoms with van der Waals surface area (Å²) in [5.41, 5.74) is 0. The number of likely N-dealkylation sites (N-methyl/N-ethyl adjacent to an activating group) is 1. The van der Waals surface area contributed by atoms with E-state index < -0.39 is 20.0 Å². The molecule has 3 unspecified atom stereocenters. The van der Waals surface area contributed by atoms with Gasteiger partial charge in [-0.2, -0.15) is 0 Å². The topological polar surface area (TPSA) is 108 Å². The molecule has 8 nitrogen and oxygen atoms in total. The Hall–Kier alpha value is -2.58. The summed E-state index contributed by atoms with van der Waals surface area (Å²) in [5, 5.41) is 14.0. The Labute approximate surface area is 566 Å². The van der Waals surface area contributed by atoms with Gasteiger partial charge < -0.3 is 28.8 Å². The molecular formula is C82H151N2O6P. The highest BCUT2D eigenvalue weighted by Gasteiger charge is 2.23. The quantitative estimate of drug-likeness (QED) is 0.0272. The number of unbranched alkanes of at least 4 members (excludes halogenated alkanes) is 45. The van der Waals surface area contributed by atoms with E-state index in [2.05, 4.69) is 104 Å². The van der Waals surface area contributed by atoms with Gasteiger partial charge in [-0.1, -0.05) is 381 Å². The highest BCUT2D eigenvalue weighted by Crippen LogP contribution is 2.38. The molecule has 0 bridgehead atoms. The second kappa shape index (κ2) is 71.7. The monoisotopic (exact) mass is 1290 g/mol.